The summed E-state index contributed by atoms with van der Waals surface area (Å²) in [5, 5.41) is 0. The number of aromatic nitrogens is 3. The lowest BCUT2D eigenvalue weighted by molar-refractivity contribution is -0.134. The van der Waals surface area contributed by atoms with Crippen molar-refractivity contribution in [1.82, 2.24) is 19.4 Å². The van der Waals surface area contributed by atoms with Crippen LogP contribution in [0.3, 0.4) is 0 Å². The summed E-state index contributed by atoms with van der Waals surface area (Å²) in [5.74, 6) is 0.596. The van der Waals surface area contributed by atoms with Crippen molar-refractivity contribution in [2.75, 3.05) is 13.1 Å². The molecule has 9 heteroatoms. The molecule has 0 saturated carbocycles. The number of carbonyl (C=O) groups excluding carboxylic acids is 1. The van der Waals surface area contributed by atoms with Crippen LogP contribution in [0.1, 0.15) is 46.1 Å². The number of halogens is 3. The number of fused-ring (bicyclic) bond motifs is 1. The van der Waals surface area contributed by atoms with Crippen molar-refractivity contribution in [2.24, 2.45) is 0 Å². The fourth-order valence-corrected chi connectivity index (χ4v) is 4.49. The zero-order valence-electron chi connectivity index (χ0n) is 15.2. The van der Waals surface area contributed by atoms with Gasteiger partial charge in [0.25, 0.3) is 5.91 Å². The van der Waals surface area contributed by atoms with Crippen molar-refractivity contribution in [3.8, 4) is 0 Å². The quantitative estimate of drug-likeness (QED) is 0.636. The van der Waals surface area contributed by atoms with Gasteiger partial charge in [-0.15, -0.1) is 11.3 Å². The molecule has 1 fully saturated rings. The average Bonchev–Trinajstić information content (AvgIpc) is 3.39. The molecule has 1 saturated heterocycles. The molecule has 3 aromatic heterocycles. The Balaban J connectivity index is 1.56. The zero-order valence-corrected chi connectivity index (χ0v) is 16.1. The molecule has 0 N–H and O–H groups in total. The summed E-state index contributed by atoms with van der Waals surface area (Å²) >= 11 is 0.500. The molecule has 1 atom stereocenters. The minimum absolute atomic E-state index is 0.0479. The Morgan fingerprint density at radius 2 is 2.14 bits per heavy atom. The molecule has 0 unspecified atom stereocenters. The van der Waals surface area contributed by atoms with Gasteiger partial charge in [-0.3, -0.25) is 4.79 Å². The van der Waals surface area contributed by atoms with Crippen molar-refractivity contribution in [2.45, 2.75) is 38.4 Å². The highest BCUT2D eigenvalue weighted by Crippen LogP contribution is 2.36. The smallest absolute Gasteiger partial charge is 0.337 e. The van der Waals surface area contributed by atoms with E-state index in [-0.39, 0.29) is 16.7 Å². The first-order valence-corrected chi connectivity index (χ1v) is 9.97. The van der Waals surface area contributed by atoms with Crippen LogP contribution in [0.5, 0.6) is 0 Å². The number of thiophene rings is 1. The van der Waals surface area contributed by atoms with E-state index in [0.717, 1.165) is 42.4 Å². The topological polar surface area (TPSA) is 51.0 Å². The van der Waals surface area contributed by atoms with Gasteiger partial charge in [-0.25, -0.2) is 9.97 Å². The van der Waals surface area contributed by atoms with Crippen LogP contribution in [0, 0.1) is 0 Å². The van der Waals surface area contributed by atoms with Gasteiger partial charge in [0.05, 0.1) is 4.88 Å². The minimum atomic E-state index is -4.42. The number of alkyl halides is 3. The van der Waals surface area contributed by atoms with E-state index in [9.17, 15) is 18.0 Å². The number of aryl methyl sites for hydroxylation is 1. The maximum absolute atomic E-state index is 12.8. The van der Waals surface area contributed by atoms with E-state index in [0.29, 0.717) is 24.4 Å². The first kappa shape index (κ1) is 18.9. The molecule has 0 aromatic carbocycles. The Kier molecular flexibility index (Phi) is 4.86. The Hall–Kier alpha value is -2.42. The molecule has 0 bridgehead atoms. The summed E-state index contributed by atoms with van der Waals surface area (Å²) in [5.41, 5.74) is 1.65. The summed E-state index contributed by atoms with van der Waals surface area (Å²) in [6, 6.07) is 5.99. The number of amides is 1. The largest absolute Gasteiger partial charge is 0.425 e. The summed E-state index contributed by atoms with van der Waals surface area (Å²) in [4.78, 5) is 22.8. The molecule has 0 aliphatic carbocycles. The van der Waals surface area contributed by atoms with Crippen LogP contribution in [0.15, 0.2) is 30.5 Å². The van der Waals surface area contributed by atoms with Gasteiger partial charge in [-0.05, 0) is 37.1 Å². The van der Waals surface area contributed by atoms with Gasteiger partial charge in [0.15, 0.2) is 5.65 Å². The molecule has 1 amide bonds. The van der Waals surface area contributed by atoms with Crippen molar-refractivity contribution < 1.29 is 18.0 Å². The number of nitrogens with zero attached hydrogens (tertiary/aromatic N) is 4. The summed E-state index contributed by atoms with van der Waals surface area (Å²) in [6.07, 6.45) is -1.02. The summed E-state index contributed by atoms with van der Waals surface area (Å²) in [7, 11) is 0. The van der Waals surface area contributed by atoms with Crippen LogP contribution >= 0.6 is 11.3 Å². The molecule has 0 spiro atoms. The van der Waals surface area contributed by atoms with Gasteiger partial charge in [0.1, 0.15) is 16.2 Å². The fraction of sp³-hybridized carbons (Fsp3) is 0.421. The van der Waals surface area contributed by atoms with Crippen molar-refractivity contribution in [3.63, 3.8) is 0 Å². The Labute approximate surface area is 163 Å². The van der Waals surface area contributed by atoms with E-state index in [4.69, 9.17) is 4.98 Å². The van der Waals surface area contributed by atoms with Gasteiger partial charge in [-0.2, -0.15) is 13.2 Å². The predicted octanol–water partition coefficient (Wildman–Crippen LogP) is 4.55. The van der Waals surface area contributed by atoms with Crippen molar-refractivity contribution >= 4 is 28.4 Å². The van der Waals surface area contributed by atoms with Crippen molar-refractivity contribution in [1.29, 1.82) is 0 Å². The lowest BCUT2D eigenvalue weighted by Gasteiger charge is -2.16. The van der Waals surface area contributed by atoms with E-state index in [1.54, 1.807) is 11.1 Å². The monoisotopic (exact) mass is 408 g/mol. The Bertz CT molecular complexity index is 1010. The molecule has 28 heavy (non-hydrogen) atoms. The normalized spacial score (nSPS) is 17.6. The number of hydrogen-bond donors (Lipinski definition) is 0. The second-order valence-electron chi connectivity index (χ2n) is 6.87. The van der Waals surface area contributed by atoms with Crippen LogP contribution in [-0.4, -0.2) is 38.4 Å². The van der Waals surface area contributed by atoms with Gasteiger partial charge < -0.3 is 9.47 Å². The summed E-state index contributed by atoms with van der Waals surface area (Å²) in [6.45, 7) is 3.82. The fourth-order valence-electron chi connectivity index (χ4n) is 3.65. The zero-order chi connectivity index (χ0) is 19.9. The lowest BCUT2D eigenvalue weighted by atomic mass is 10.1. The number of carbonyl (C=O) groups is 1. The van der Waals surface area contributed by atoms with Crippen LogP contribution < -0.4 is 0 Å². The van der Waals surface area contributed by atoms with E-state index in [1.807, 2.05) is 12.1 Å². The highest BCUT2D eigenvalue weighted by atomic mass is 32.1. The minimum Gasteiger partial charge on any atom is -0.337 e. The van der Waals surface area contributed by atoms with E-state index in [1.165, 1.54) is 6.07 Å². The van der Waals surface area contributed by atoms with Crippen LogP contribution in [0.4, 0.5) is 13.2 Å². The number of rotatable bonds is 4. The maximum Gasteiger partial charge on any atom is 0.425 e. The third kappa shape index (κ3) is 3.39. The van der Waals surface area contributed by atoms with E-state index < -0.39 is 11.1 Å². The molecular weight excluding hydrogens is 389 g/mol. The van der Waals surface area contributed by atoms with Crippen LogP contribution in [-0.2, 0) is 12.7 Å². The highest BCUT2D eigenvalue weighted by molar-refractivity contribution is 7.14. The third-order valence-corrected chi connectivity index (χ3v) is 6.04. The molecule has 4 heterocycles. The molecule has 1 aliphatic heterocycles. The molecule has 0 radical (unpaired) electrons. The number of imidazole rings is 1. The molecule has 4 rings (SSSR count). The molecule has 3 aromatic rings. The Morgan fingerprint density at radius 1 is 1.32 bits per heavy atom. The predicted molar refractivity (Wildman–Crippen MR) is 100 cm³/mol. The number of hydrogen-bond acceptors (Lipinski definition) is 4. The van der Waals surface area contributed by atoms with Crippen LogP contribution in [0.2, 0.25) is 0 Å². The number of likely N-dealkylation sites (tertiary alicyclic amines) is 1. The second kappa shape index (κ2) is 7.20. The van der Waals surface area contributed by atoms with Crippen molar-refractivity contribution in [3.05, 3.63) is 46.0 Å². The molecular formula is C19H19F3N4OS. The molecule has 148 valence electrons. The standard InChI is InChI=1S/C19H19F3N4OS/c1-2-9-26-16(24-13-4-3-8-23-17(13)26)12-7-10-25(11-12)18(27)14-5-6-15(28-14)19(20,21)22/h3-6,8,12H,2,7,9-11H2,1H3/t12-/m0/s1. The van der Waals surface area contributed by atoms with Crippen LogP contribution in [0.25, 0.3) is 11.2 Å². The first-order valence-electron chi connectivity index (χ1n) is 9.16. The number of pyridine rings is 1. The Morgan fingerprint density at radius 3 is 2.86 bits per heavy atom. The van der Waals surface area contributed by atoms with E-state index in [2.05, 4.69) is 16.5 Å². The van der Waals surface area contributed by atoms with Gasteiger partial charge in [0, 0.05) is 31.7 Å². The first-order chi connectivity index (χ1) is 13.4. The third-order valence-electron chi connectivity index (χ3n) is 4.92. The van der Waals surface area contributed by atoms with Gasteiger partial charge in [-0.1, -0.05) is 6.92 Å². The van der Waals surface area contributed by atoms with E-state index >= 15 is 0 Å². The highest BCUT2D eigenvalue weighted by Gasteiger charge is 2.35. The molecule has 5 nitrogen and oxygen atoms in total. The second-order valence-corrected chi connectivity index (χ2v) is 7.95. The summed E-state index contributed by atoms with van der Waals surface area (Å²) < 4.78 is 40.5. The lowest BCUT2D eigenvalue weighted by Crippen LogP contribution is -2.28. The maximum atomic E-state index is 12.8. The van der Waals surface area contributed by atoms with Gasteiger partial charge >= 0.3 is 6.18 Å². The molecule has 1 aliphatic rings. The SMILES string of the molecule is CCCn1c([C@H]2CCN(C(=O)c3ccc(C(F)(F)F)s3)C2)nc2cccnc21. The van der Waals surface area contributed by atoms with Gasteiger partial charge in [0.2, 0.25) is 0 Å². The average molecular weight is 408 g/mol.